The molecule has 0 saturated carbocycles. The fraction of sp³-hybridized carbons (Fsp3) is 0.333. The van der Waals surface area contributed by atoms with Crippen molar-refractivity contribution in [3.05, 3.63) is 77.0 Å². The first-order valence-corrected chi connectivity index (χ1v) is 9.22. The minimum atomic E-state index is -0.0554. The van der Waals surface area contributed by atoms with Crippen LogP contribution in [-0.2, 0) is 19.4 Å². The van der Waals surface area contributed by atoms with E-state index in [0.717, 1.165) is 42.7 Å². The highest BCUT2D eigenvalue weighted by Crippen LogP contribution is 2.30. The minimum absolute atomic E-state index is 0.0205. The molecule has 26 heavy (non-hydrogen) atoms. The van der Waals surface area contributed by atoms with E-state index in [0.29, 0.717) is 12.1 Å². The first-order valence-electron chi connectivity index (χ1n) is 9.22. The van der Waals surface area contributed by atoms with Crippen molar-refractivity contribution in [2.24, 2.45) is 0 Å². The topological polar surface area (TPSA) is 60.1 Å². The lowest BCUT2D eigenvalue weighted by Gasteiger charge is -2.22. The van der Waals surface area contributed by atoms with Crippen LogP contribution >= 0.6 is 0 Å². The van der Waals surface area contributed by atoms with Crippen LogP contribution in [0, 0.1) is 0 Å². The molecule has 0 saturated heterocycles. The molecule has 0 fully saturated rings. The number of furan rings is 1. The number of carbonyl (C=O) groups excluding carboxylic acids is 1. The van der Waals surface area contributed by atoms with E-state index in [2.05, 4.69) is 29.5 Å². The van der Waals surface area contributed by atoms with E-state index in [1.165, 1.54) is 5.56 Å². The van der Waals surface area contributed by atoms with Crippen LogP contribution < -0.4 is 5.32 Å². The number of carbonyl (C=O) groups is 1. The van der Waals surface area contributed by atoms with Crippen LogP contribution in [0.25, 0.3) is 0 Å². The summed E-state index contributed by atoms with van der Waals surface area (Å²) in [5, 5.41) is 7.65. The third-order valence-corrected chi connectivity index (χ3v) is 5.06. The second kappa shape index (κ2) is 7.20. The molecule has 1 N–H and O–H groups in total. The van der Waals surface area contributed by atoms with E-state index in [-0.39, 0.29) is 11.9 Å². The lowest BCUT2D eigenvalue weighted by Crippen LogP contribution is -2.31. The molecule has 134 valence electrons. The molecule has 0 spiro atoms. The smallest absolute Gasteiger partial charge is 0.255 e. The van der Waals surface area contributed by atoms with Gasteiger partial charge in [0.25, 0.3) is 5.91 Å². The van der Waals surface area contributed by atoms with Crippen LogP contribution in [0.2, 0.25) is 0 Å². The number of hydrogen-bond acceptors (Lipinski definition) is 3. The molecular weight excluding hydrogens is 326 g/mol. The second-order valence-corrected chi connectivity index (χ2v) is 6.72. The fourth-order valence-corrected chi connectivity index (χ4v) is 3.74. The maximum atomic E-state index is 12.9. The van der Waals surface area contributed by atoms with Crippen LogP contribution in [0.5, 0.6) is 0 Å². The third-order valence-electron chi connectivity index (χ3n) is 5.06. The van der Waals surface area contributed by atoms with Gasteiger partial charge in [-0.2, -0.15) is 5.10 Å². The number of hydrogen-bond donors (Lipinski definition) is 1. The summed E-state index contributed by atoms with van der Waals surface area (Å²) in [4.78, 5) is 12.9. The number of nitrogens with zero attached hydrogens (tertiary/aromatic N) is 2. The number of rotatable bonds is 5. The van der Waals surface area contributed by atoms with E-state index >= 15 is 0 Å². The average molecular weight is 349 g/mol. The molecule has 3 aromatic rings. The summed E-state index contributed by atoms with van der Waals surface area (Å²) < 4.78 is 7.45. The normalized spacial score (nSPS) is 16.3. The number of amides is 1. The van der Waals surface area contributed by atoms with Gasteiger partial charge in [-0.25, -0.2) is 0 Å². The fourth-order valence-electron chi connectivity index (χ4n) is 3.74. The van der Waals surface area contributed by atoms with Crippen molar-refractivity contribution < 1.29 is 9.21 Å². The van der Waals surface area contributed by atoms with E-state index in [9.17, 15) is 4.79 Å². The molecule has 0 radical (unpaired) electrons. The van der Waals surface area contributed by atoms with Crippen molar-refractivity contribution in [3.8, 4) is 0 Å². The Morgan fingerprint density at radius 3 is 2.96 bits per heavy atom. The van der Waals surface area contributed by atoms with Gasteiger partial charge < -0.3 is 9.73 Å². The number of nitrogens with one attached hydrogen (secondary N) is 1. The summed E-state index contributed by atoms with van der Waals surface area (Å²) in [5.74, 6) is 0.942. The zero-order valence-corrected chi connectivity index (χ0v) is 14.9. The van der Waals surface area contributed by atoms with Gasteiger partial charge in [-0.3, -0.25) is 9.48 Å². The first kappa shape index (κ1) is 16.6. The Bertz CT molecular complexity index is 895. The molecular formula is C21H23N3O2. The summed E-state index contributed by atoms with van der Waals surface area (Å²) in [6.07, 6.45) is 7.08. The monoisotopic (exact) mass is 349 g/mol. The summed E-state index contributed by atoms with van der Waals surface area (Å²) >= 11 is 0. The van der Waals surface area contributed by atoms with Gasteiger partial charge in [0.2, 0.25) is 0 Å². The van der Waals surface area contributed by atoms with Crippen molar-refractivity contribution in [2.45, 2.75) is 45.2 Å². The van der Waals surface area contributed by atoms with Crippen molar-refractivity contribution in [1.29, 1.82) is 0 Å². The maximum Gasteiger partial charge on any atom is 0.255 e. The van der Waals surface area contributed by atoms with Crippen molar-refractivity contribution >= 4 is 5.91 Å². The van der Waals surface area contributed by atoms with Gasteiger partial charge in [-0.15, -0.1) is 0 Å². The Balaban J connectivity index is 1.54. The lowest BCUT2D eigenvalue weighted by atomic mass is 9.93. The largest absolute Gasteiger partial charge is 0.469 e. The molecule has 5 heteroatoms. The molecule has 0 bridgehead atoms. The molecule has 1 amide bonds. The zero-order chi connectivity index (χ0) is 17.9. The Kier molecular flexibility index (Phi) is 4.61. The maximum absolute atomic E-state index is 12.9. The average Bonchev–Trinajstić information content (AvgIpc) is 3.29. The third kappa shape index (κ3) is 3.17. The lowest BCUT2D eigenvalue weighted by molar-refractivity contribution is 0.0931. The molecule has 5 nitrogen and oxygen atoms in total. The Morgan fingerprint density at radius 2 is 2.15 bits per heavy atom. The molecule has 1 atom stereocenters. The molecule has 0 aliphatic heterocycles. The molecule has 1 unspecified atom stereocenters. The van der Waals surface area contributed by atoms with E-state index < -0.39 is 0 Å². The van der Waals surface area contributed by atoms with E-state index in [1.807, 2.05) is 28.9 Å². The molecule has 2 heterocycles. The number of fused-ring (bicyclic) bond motifs is 1. The highest BCUT2D eigenvalue weighted by atomic mass is 16.3. The van der Waals surface area contributed by atoms with Crippen LogP contribution in [-0.4, -0.2) is 15.7 Å². The van der Waals surface area contributed by atoms with Gasteiger partial charge >= 0.3 is 0 Å². The number of aryl methyl sites for hydroxylation is 1. The highest BCUT2D eigenvalue weighted by Gasteiger charge is 2.26. The predicted octanol–water partition coefficient (Wildman–Crippen LogP) is 3.89. The molecule has 4 rings (SSSR count). The minimum Gasteiger partial charge on any atom is -0.469 e. The Labute approximate surface area is 153 Å². The van der Waals surface area contributed by atoms with Crippen LogP contribution in [0.15, 0.2) is 53.3 Å². The van der Waals surface area contributed by atoms with Crippen LogP contribution in [0.4, 0.5) is 0 Å². The van der Waals surface area contributed by atoms with Crippen LogP contribution in [0.1, 0.15) is 58.7 Å². The number of benzene rings is 1. The quantitative estimate of drug-likeness (QED) is 0.760. The van der Waals surface area contributed by atoms with Gasteiger partial charge in [0.15, 0.2) is 0 Å². The van der Waals surface area contributed by atoms with Gasteiger partial charge in [0.05, 0.1) is 36.3 Å². The SMILES string of the molecule is CCc1c(C(=O)NC2CCCc3occc32)cnn1Cc1ccccc1. The zero-order valence-electron chi connectivity index (χ0n) is 14.9. The summed E-state index contributed by atoms with van der Waals surface area (Å²) in [7, 11) is 0. The van der Waals surface area contributed by atoms with Gasteiger partial charge in [0.1, 0.15) is 5.76 Å². The van der Waals surface area contributed by atoms with Gasteiger partial charge in [0, 0.05) is 12.0 Å². The summed E-state index contributed by atoms with van der Waals surface area (Å²) in [6.45, 7) is 2.73. The van der Waals surface area contributed by atoms with Gasteiger partial charge in [-0.1, -0.05) is 37.3 Å². The number of aromatic nitrogens is 2. The molecule has 1 aromatic carbocycles. The summed E-state index contributed by atoms with van der Waals surface area (Å²) in [6, 6.07) is 12.2. The predicted molar refractivity (Wildman–Crippen MR) is 99.0 cm³/mol. The van der Waals surface area contributed by atoms with Gasteiger partial charge in [-0.05, 0) is 30.9 Å². The first-order chi connectivity index (χ1) is 12.8. The highest BCUT2D eigenvalue weighted by molar-refractivity contribution is 5.95. The standard InChI is InChI=1S/C21H23N3O2/c1-2-19-17(13-22-24(19)14-15-7-4-3-5-8-15)21(25)23-18-9-6-10-20-16(18)11-12-26-20/h3-5,7-8,11-13,18H,2,6,9-10,14H2,1H3,(H,23,25). The van der Waals surface area contributed by atoms with Crippen molar-refractivity contribution in [2.75, 3.05) is 0 Å². The molecule has 1 aliphatic rings. The Morgan fingerprint density at radius 1 is 1.31 bits per heavy atom. The van der Waals surface area contributed by atoms with Crippen molar-refractivity contribution in [3.63, 3.8) is 0 Å². The summed E-state index contributed by atoms with van der Waals surface area (Å²) in [5.41, 5.74) is 3.92. The molecule has 2 aromatic heterocycles. The second-order valence-electron chi connectivity index (χ2n) is 6.72. The van der Waals surface area contributed by atoms with E-state index in [1.54, 1.807) is 12.5 Å². The van der Waals surface area contributed by atoms with Crippen LogP contribution in [0.3, 0.4) is 0 Å². The molecule has 1 aliphatic carbocycles. The Hall–Kier alpha value is -2.82. The van der Waals surface area contributed by atoms with E-state index in [4.69, 9.17) is 4.42 Å². The van der Waals surface area contributed by atoms with Crippen molar-refractivity contribution in [1.82, 2.24) is 15.1 Å².